The first kappa shape index (κ1) is 10.3. The summed E-state index contributed by atoms with van der Waals surface area (Å²) < 4.78 is 1.93. The molecule has 0 amide bonds. The number of fused-ring (bicyclic) bond motifs is 2. The van der Waals surface area contributed by atoms with Gasteiger partial charge in [-0.15, -0.1) is 11.3 Å². The molecule has 0 aliphatic heterocycles. The summed E-state index contributed by atoms with van der Waals surface area (Å²) in [6.07, 6.45) is 0. The minimum absolute atomic E-state index is 0.0215. The predicted octanol–water partition coefficient (Wildman–Crippen LogP) is 2.67. The summed E-state index contributed by atoms with van der Waals surface area (Å²) in [5.41, 5.74) is 0.0215. The zero-order valence-electron chi connectivity index (χ0n) is 8.84. The summed E-state index contributed by atoms with van der Waals surface area (Å²) in [5, 5.41) is 1.39. The van der Waals surface area contributed by atoms with E-state index in [0.29, 0.717) is 11.1 Å². The Bertz CT molecular complexity index is 764. The maximum Gasteiger partial charge on any atom is 0.196 e. The number of nitrogens with two attached hydrogens (primary N) is 1. The highest BCUT2D eigenvalue weighted by Gasteiger charge is 2.06. The van der Waals surface area contributed by atoms with Crippen LogP contribution >= 0.6 is 11.3 Å². The molecule has 84 valence electrons. The Balaban J connectivity index is 2.51. The summed E-state index contributed by atoms with van der Waals surface area (Å²) in [4.78, 5) is 16.9. The molecule has 4 heteroatoms. The van der Waals surface area contributed by atoms with Crippen molar-refractivity contribution in [3.05, 3.63) is 52.7 Å². The number of benzene rings is 2. The third kappa shape index (κ3) is 1.58. The van der Waals surface area contributed by atoms with E-state index >= 15 is 0 Å². The third-order valence-corrected chi connectivity index (χ3v) is 3.84. The van der Waals surface area contributed by atoms with E-state index in [2.05, 4.69) is 4.84 Å². The molecule has 1 heterocycles. The molecule has 3 aromatic rings. The molecule has 0 aliphatic rings. The predicted molar refractivity (Wildman–Crippen MR) is 70.4 cm³/mol. The molecule has 2 N–H and O–H groups in total. The van der Waals surface area contributed by atoms with Crippen LogP contribution in [-0.4, -0.2) is 0 Å². The van der Waals surface area contributed by atoms with Gasteiger partial charge >= 0.3 is 0 Å². The van der Waals surface area contributed by atoms with Crippen LogP contribution in [0.25, 0.3) is 20.2 Å². The van der Waals surface area contributed by atoms with Crippen molar-refractivity contribution in [1.29, 1.82) is 0 Å². The van der Waals surface area contributed by atoms with Crippen LogP contribution in [0, 0.1) is 0 Å². The summed E-state index contributed by atoms with van der Waals surface area (Å²) in [6, 6.07) is 12.9. The standard InChI is InChI=1S/C13H9NO2S/c14-16-8-5-6-12-10(7-8)13(15)9-3-1-2-4-11(9)17-12/h1-7H,14H2. The van der Waals surface area contributed by atoms with Crippen LogP contribution in [0.1, 0.15) is 0 Å². The van der Waals surface area contributed by atoms with E-state index in [1.165, 1.54) is 0 Å². The molecule has 0 unspecified atom stereocenters. The van der Waals surface area contributed by atoms with E-state index in [1.807, 2.05) is 30.3 Å². The second-order valence-corrected chi connectivity index (χ2v) is 4.79. The van der Waals surface area contributed by atoms with Gasteiger partial charge in [-0.2, -0.15) is 5.90 Å². The van der Waals surface area contributed by atoms with Gasteiger partial charge in [-0.1, -0.05) is 12.1 Å². The van der Waals surface area contributed by atoms with Gasteiger partial charge in [-0.05, 0) is 30.3 Å². The second-order valence-electron chi connectivity index (χ2n) is 3.70. The molecular weight excluding hydrogens is 234 g/mol. The lowest BCUT2D eigenvalue weighted by atomic mass is 10.2. The van der Waals surface area contributed by atoms with Crippen molar-refractivity contribution in [2.75, 3.05) is 0 Å². The number of hydrogen-bond donors (Lipinski definition) is 1. The fourth-order valence-corrected chi connectivity index (χ4v) is 2.91. The Hall–Kier alpha value is -1.91. The topological polar surface area (TPSA) is 52.3 Å². The largest absolute Gasteiger partial charge is 0.412 e. The maximum atomic E-state index is 12.3. The second kappa shape index (κ2) is 3.84. The molecule has 1 aromatic heterocycles. The quantitative estimate of drug-likeness (QED) is 0.528. The lowest BCUT2D eigenvalue weighted by Gasteiger charge is -2.02. The molecule has 0 atom stereocenters. The van der Waals surface area contributed by atoms with Crippen LogP contribution in [0.15, 0.2) is 47.3 Å². The van der Waals surface area contributed by atoms with Crippen molar-refractivity contribution >= 4 is 31.5 Å². The summed E-state index contributed by atoms with van der Waals surface area (Å²) >= 11 is 1.59. The Morgan fingerprint density at radius 1 is 1.00 bits per heavy atom. The van der Waals surface area contributed by atoms with Gasteiger partial charge in [-0.25, -0.2) is 0 Å². The van der Waals surface area contributed by atoms with E-state index in [9.17, 15) is 4.79 Å². The van der Waals surface area contributed by atoms with Crippen molar-refractivity contribution in [2.45, 2.75) is 0 Å². The third-order valence-electron chi connectivity index (χ3n) is 2.68. The highest BCUT2D eigenvalue weighted by molar-refractivity contribution is 7.24. The first-order chi connectivity index (χ1) is 8.29. The molecule has 17 heavy (non-hydrogen) atoms. The SMILES string of the molecule is NOc1ccc2sc3ccccc3c(=O)c2c1. The van der Waals surface area contributed by atoms with Crippen LogP contribution in [0.5, 0.6) is 5.75 Å². The summed E-state index contributed by atoms with van der Waals surface area (Å²) in [6.45, 7) is 0. The van der Waals surface area contributed by atoms with Crippen molar-refractivity contribution in [3.63, 3.8) is 0 Å². The molecule has 0 bridgehead atoms. The number of hydrogen-bond acceptors (Lipinski definition) is 4. The van der Waals surface area contributed by atoms with Gasteiger partial charge in [0.15, 0.2) is 5.43 Å². The molecule has 2 aromatic carbocycles. The molecule has 0 saturated heterocycles. The van der Waals surface area contributed by atoms with Crippen molar-refractivity contribution in [1.82, 2.24) is 0 Å². The molecule has 3 nitrogen and oxygen atoms in total. The minimum Gasteiger partial charge on any atom is -0.412 e. The molecule has 0 spiro atoms. The van der Waals surface area contributed by atoms with E-state index in [1.54, 1.807) is 23.5 Å². The Labute approximate surface area is 101 Å². The molecule has 0 aliphatic carbocycles. The van der Waals surface area contributed by atoms with Gasteiger partial charge in [0.25, 0.3) is 0 Å². The van der Waals surface area contributed by atoms with Crippen molar-refractivity contribution in [2.24, 2.45) is 5.90 Å². The Kier molecular flexibility index (Phi) is 2.31. The van der Waals surface area contributed by atoms with Crippen LogP contribution < -0.4 is 16.2 Å². The Morgan fingerprint density at radius 3 is 2.59 bits per heavy atom. The molecule has 3 rings (SSSR count). The zero-order chi connectivity index (χ0) is 11.8. The normalized spacial score (nSPS) is 10.9. The first-order valence-corrected chi connectivity index (χ1v) is 5.93. The fraction of sp³-hybridized carbons (Fsp3) is 0. The molecule has 0 saturated carbocycles. The lowest BCUT2D eigenvalue weighted by molar-refractivity contribution is 0.335. The molecule has 0 fully saturated rings. The van der Waals surface area contributed by atoms with Crippen LogP contribution in [0.2, 0.25) is 0 Å². The molecule has 0 radical (unpaired) electrons. The average Bonchev–Trinajstić information content (AvgIpc) is 2.39. The van der Waals surface area contributed by atoms with Crippen LogP contribution in [0.4, 0.5) is 0 Å². The van der Waals surface area contributed by atoms with Gasteiger partial charge in [-0.3, -0.25) is 4.79 Å². The van der Waals surface area contributed by atoms with Gasteiger partial charge in [0.1, 0.15) is 5.75 Å². The summed E-state index contributed by atoms with van der Waals surface area (Å²) in [7, 11) is 0. The molecular formula is C13H9NO2S. The average molecular weight is 243 g/mol. The van der Waals surface area contributed by atoms with E-state index in [4.69, 9.17) is 5.90 Å². The monoisotopic (exact) mass is 243 g/mol. The maximum absolute atomic E-state index is 12.3. The van der Waals surface area contributed by atoms with E-state index < -0.39 is 0 Å². The first-order valence-electron chi connectivity index (χ1n) is 5.12. The highest BCUT2D eigenvalue weighted by atomic mass is 32.1. The van der Waals surface area contributed by atoms with Crippen LogP contribution in [0.3, 0.4) is 0 Å². The fourth-order valence-electron chi connectivity index (χ4n) is 1.86. The highest BCUT2D eigenvalue weighted by Crippen LogP contribution is 2.26. The van der Waals surface area contributed by atoms with Gasteiger partial charge < -0.3 is 4.84 Å². The van der Waals surface area contributed by atoms with Crippen molar-refractivity contribution < 1.29 is 4.84 Å². The van der Waals surface area contributed by atoms with E-state index in [-0.39, 0.29) is 5.43 Å². The van der Waals surface area contributed by atoms with Gasteiger partial charge in [0.2, 0.25) is 0 Å². The van der Waals surface area contributed by atoms with Crippen LogP contribution in [-0.2, 0) is 0 Å². The van der Waals surface area contributed by atoms with Crippen molar-refractivity contribution in [3.8, 4) is 5.75 Å². The summed E-state index contributed by atoms with van der Waals surface area (Å²) in [5.74, 6) is 5.60. The minimum atomic E-state index is 0.0215. The number of rotatable bonds is 1. The Morgan fingerprint density at radius 2 is 1.76 bits per heavy atom. The smallest absolute Gasteiger partial charge is 0.196 e. The van der Waals surface area contributed by atoms with Gasteiger partial charge in [0, 0.05) is 20.2 Å². The van der Waals surface area contributed by atoms with E-state index in [0.717, 1.165) is 14.8 Å². The van der Waals surface area contributed by atoms with Gasteiger partial charge in [0.05, 0.1) is 0 Å². The zero-order valence-corrected chi connectivity index (χ0v) is 9.66. The lowest BCUT2D eigenvalue weighted by Crippen LogP contribution is -2.04.